The Hall–Kier alpha value is -1.35. The van der Waals surface area contributed by atoms with Gasteiger partial charge in [0, 0.05) is 0 Å². The fourth-order valence-corrected chi connectivity index (χ4v) is 2.06. The van der Waals surface area contributed by atoms with Crippen LogP contribution >= 0.6 is 0 Å². The molecule has 1 rings (SSSR count). The molecule has 0 aliphatic rings. The number of carbonyl (C=O) groups is 1. The molecule has 0 aliphatic carbocycles. The van der Waals surface area contributed by atoms with Crippen LogP contribution in [0.2, 0.25) is 0 Å². The van der Waals surface area contributed by atoms with Crippen LogP contribution in [-0.4, -0.2) is 29.1 Å². The summed E-state index contributed by atoms with van der Waals surface area (Å²) in [5, 5.41) is 9.48. The summed E-state index contributed by atoms with van der Waals surface area (Å²) in [6.07, 6.45) is 0. The summed E-state index contributed by atoms with van der Waals surface area (Å²) in [4.78, 5) is 13.5. The first-order chi connectivity index (χ1) is 7.57. The summed E-state index contributed by atoms with van der Waals surface area (Å²) < 4.78 is 0. The largest absolute Gasteiger partial charge is 0.480 e. The zero-order valence-electron chi connectivity index (χ0n) is 10.1. The lowest BCUT2D eigenvalue weighted by Crippen LogP contribution is -2.49. The number of hydrogen-bond acceptors (Lipinski definition) is 2. The number of carboxylic acids is 1. The Kier molecular flexibility index (Phi) is 4.07. The first-order valence-electron chi connectivity index (χ1n) is 5.61. The van der Waals surface area contributed by atoms with Crippen LogP contribution in [0.3, 0.4) is 0 Å². The van der Waals surface area contributed by atoms with Gasteiger partial charge in [-0.2, -0.15) is 0 Å². The highest BCUT2D eigenvalue weighted by atomic mass is 16.4. The van der Waals surface area contributed by atoms with E-state index in [9.17, 15) is 9.90 Å². The minimum absolute atomic E-state index is 0.716. The van der Waals surface area contributed by atoms with Crippen LogP contribution in [0.5, 0.6) is 0 Å². The van der Waals surface area contributed by atoms with Crippen molar-refractivity contribution in [3.63, 3.8) is 0 Å². The third-order valence-corrected chi connectivity index (χ3v) is 3.15. The second-order valence-corrected chi connectivity index (χ2v) is 3.92. The fourth-order valence-electron chi connectivity index (χ4n) is 2.06. The van der Waals surface area contributed by atoms with Gasteiger partial charge in [-0.1, -0.05) is 44.2 Å². The van der Waals surface area contributed by atoms with E-state index in [-0.39, 0.29) is 0 Å². The summed E-state index contributed by atoms with van der Waals surface area (Å²) in [5.41, 5.74) is -0.115. The van der Waals surface area contributed by atoms with Gasteiger partial charge >= 0.3 is 5.97 Å². The van der Waals surface area contributed by atoms with E-state index in [2.05, 4.69) is 0 Å². The molecule has 1 unspecified atom stereocenters. The summed E-state index contributed by atoms with van der Waals surface area (Å²) in [5.74, 6) is -0.803. The quantitative estimate of drug-likeness (QED) is 0.829. The lowest BCUT2D eigenvalue weighted by molar-refractivity contribution is -0.151. The van der Waals surface area contributed by atoms with Crippen LogP contribution < -0.4 is 0 Å². The van der Waals surface area contributed by atoms with Crippen molar-refractivity contribution in [1.82, 2.24) is 4.90 Å². The van der Waals surface area contributed by atoms with Crippen LogP contribution in [0.15, 0.2) is 30.3 Å². The SMILES string of the molecule is CCN(CC)C(C)(C(=O)O)c1ccccc1. The maximum atomic E-state index is 11.5. The minimum atomic E-state index is -0.940. The van der Waals surface area contributed by atoms with Crippen LogP contribution in [0.1, 0.15) is 26.3 Å². The normalized spacial score (nSPS) is 14.8. The standard InChI is InChI=1S/C13H19NO2/c1-4-14(5-2)13(3,12(15)16)11-9-7-6-8-10-11/h6-10H,4-5H2,1-3H3,(H,15,16). The van der Waals surface area contributed by atoms with Gasteiger partial charge in [0.15, 0.2) is 0 Å². The van der Waals surface area contributed by atoms with Crippen LogP contribution in [0.4, 0.5) is 0 Å². The molecule has 16 heavy (non-hydrogen) atoms. The Morgan fingerprint density at radius 1 is 1.25 bits per heavy atom. The zero-order valence-corrected chi connectivity index (χ0v) is 10.1. The minimum Gasteiger partial charge on any atom is -0.480 e. The Bertz CT molecular complexity index is 346. The van der Waals surface area contributed by atoms with E-state index in [0.717, 1.165) is 5.56 Å². The van der Waals surface area contributed by atoms with E-state index < -0.39 is 11.5 Å². The van der Waals surface area contributed by atoms with Crippen molar-refractivity contribution in [1.29, 1.82) is 0 Å². The van der Waals surface area contributed by atoms with Crippen molar-refractivity contribution in [2.45, 2.75) is 26.3 Å². The molecule has 0 fully saturated rings. The molecular formula is C13H19NO2. The highest BCUT2D eigenvalue weighted by Crippen LogP contribution is 2.28. The van der Waals surface area contributed by atoms with E-state index >= 15 is 0 Å². The van der Waals surface area contributed by atoms with E-state index in [1.54, 1.807) is 6.92 Å². The van der Waals surface area contributed by atoms with Gasteiger partial charge in [-0.25, -0.2) is 4.79 Å². The van der Waals surface area contributed by atoms with Gasteiger partial charge in [-0.15, -0.1) is 0 Å². The monoisotopic (exact) mass is 221 g/mol. The topological polar surface area (TPSA) is 40.5 Å². The molecule has 1 aromatic carbocycles. The van der Waals surface area contributed by atoms with Gasteiger partial charge in [0.25, 0.3) is 0 Å². The Morgan fingerprint density at radius 3 is 2.12 bits per heavy atom. The third-order valence-electron chi connectivity index (χ3n) is 3.15. The van der Waals surface area contributed by atoms with Crippen molar-refractivity contribution in [2.24, 2.45) is 0 Å². The summed E-state index contributed by atoms with van der Waals surface area (Å²) in [6.45, 7) is 7.15. The number of rotatable bonds is 5. The molecule has 0 bridgehead atoms. The molecule has 0 aromatic heterocycles. The molecule has 0 amide bonds. The molecule has 0 heterocycles. The third kappa shape index (κ3) is 2.09. The Labute approximate surface area is 96.7 Å². The Morgan fingerprint density at radius 2 is 1.75 bits per heavy atom. The lowest BCUT2D eigenvalue weighted by atomic mass is 9.90. The van der Waals surface area contributed by atoms with Crippen LogP contribution in [-0.2, 0) is 10.3 Å². The van der Waals surface area contributed by atoms with Gasteiger partial charge in [0.1, 0.15) is 5.54 Å². The van der Waals surface area contributed by atoms with Crippen molar-refractivity contribution < 1.29 is 9.90 Å². The summed E-state index contributed by atoms with van der Waals surface area (Å²) in [6, 6.07) is 9.38. The van der Waals surface area contributed by atoms with Crippen molar-refractivity contribution in [3.8, 4) is 0 Å². The van der Waals surface area contributed by atoms with Crippen LogP contribution in [0.25, 0.3) is 0 Å². The molecule has 0 aliphatic heterocycles. The Balaban J connectivity index is 3.21. The second kappa shape index (κ2) is 5.12. The van der Waals surface area contributed by atoms with E-state index in [1.807, 2.05) is 49.1 Å². The second-order valence-electron chi connectivity index (χ2n) is 3.92. The fraction of sp³-hybridized carbons (Fsp3) is 0.462. The number of aliphatic carboxylic acids is 1. The van der Waals surface area contributed by atoms with E-state index in [4.69, 9.17) is 0 Å². The number of benzene rings is 1. The van der Waals surface area contributed by atoms with Gasteiger partial charge in [-0.3, -0.25) is 4.90 Å². The van der Waals surface area contributed by atoms with E-state index in [0.29, 0.717) is 13.1 Å². The van der Waals surface area contributed by atoms with Gasteiger partial charge < -0.3 is 5.11 Å². The van der Waals surface area contributed by atoms with E-state index in [1.165, 1.54) is 0 Å². The maximum absolute atomic E-state index is 11.5. The predicted octanol–water partition coefficient (Wildman–Crippen LogP) is 2.33. The molecular weight excluding hydrogens is 202 g/mol. The van der Waals surface area contributed by atoms with Gasteiger partial charge in [0.2, 0.25) is 0 Å². The molecule has 0 saturated carbocycles. The molecule has 0 saturated heterocycles. The predicted molar refractivity (Wildman–Crippen MR) is 64.4 cm³/mol. The number of carboxylic acid groups (broad SMARTS) is 1. The average Bonchev–Trinajstić information content (AvgIpc) is 2.31. The van der Waals surface area contributed by atoms with Crippen molar-refractivity contribution in [3.05, 3.63) is 35.9 Å². The van der Waals surface area contributed by atoms with Crippen molar-refractivity contribution >= 4 is 5.97 Å². The molecule has 1 N–H and O–H groups in total. The van der Waals surface area contributed by atoms with Crippen molar-refractivity contribution in [2.75, 3.05) is 13.1 Å². The smallest absolute Gasteiger partial charge is 0.328 e. The highest BCUT2D eigenvalue weighted by Gasteiger charge is 2.39. The molecule has 3 heteroatoms. The average molecular weight is 221 g/mol. The molecule has 1 atom stereocenters. The number of hydrogen-bond donors (Lipinski definition) is 1. The number of likely N-dealkylation sites (N-methyl/N-ethyl adjacent to an activating group) is 1. The summed E-state index contributed by atoms with van der Waals surface area (Å²) >= 11 is 0. The lowest BCUT2D eigenvalue weighted by Gasteiger charge is -2.36. The zero-order chi connectivity index (χ0) is 12.2. The molecule has 88 valence electrons. The van der Waals surface area contributed by atoms with Gasteiger partial charge in [-0.05, 0) is 25.6 Å². The molecule has 3 nitrogen and oxygen atoms in total. The highest BCUT2D eigenvalue weighted by molar-refractivity contribution is 5.80. The first-order valence-corrected chi connectivity index (χ1v) is 5.61. The molecule has 0 radical (unpaired) electrons. The molecule has 1 aromatic rings. The van der Waals surface area contributed by atoms with Crippen LogP contribution in [0, 0.1) is 0 Å². The number of nitrogens with zero attached hydrogens (tertiary/aromatic N) is 1. The first kappa shape index (κ1) is 12.7. The van der Waals surface area contributed by atoms with Gasteiger partial charge in [0.05, 0.1) is 0 Å². The maximum Gasteiger partial charge on any atom is 0.328 e. The molecule has 0 spiro atoms. The summed E-state index contributed by atoms with van der Waals surface area (Å²) in [7, 11) is 0.